The second-order valence-electron chi connectivity index (χ2n) is 8.52. The van der Waals surface area contributed by atoms with Crippen LogP contribution in [0.5, 0.6) is 5.75 Å². The SMILES string of the molecule is COc1ccccc1-c1nnc(SCC(=O)NCC2(N3CCOCC3)CCCCC2)n1C. The minimum Gasteiger partial charge on any atom is -0.496 e. The number of nitrogens with one attached hydrogen (secondary N) is 1. The fourth-order valence-electron chi connectivity index (χ4n) is 4.80. The van der Waals surface area contributed by atoms with E-state index in [1.54, 1.807) is 7.11 Å². The Labute approximate surface area is 194 Å². The molecular weight excluding hydrogens is 426 g/mol. The summed E-state index contributed by atoms with van der Waals surface area (Å²) in [5.41, 5.74) is 0.954. The second-order valence-corrected chi connectivity index (χ2v) is 9.46. The van der Waals surface area contributed by atoms with Gasteiger partial charge in [-0.25, -0.2) is 0 Å². The Bertz CT molecular complexity index is 907. The van der Waals surface area contributed by atoms with Crippen molar-refractivity contribution in [2.45, 2.75) is 42.8 Å². The fraction of sp³-hybridized carbons (Fsp3) is 0.609. The predicted octanol–water partition coefficient (Wildman–Crippen LogP) is 2.73. The minimum atomic E-state index is 0.0371. The zero-order valence-corrected chi connectivity index (χ0v) is 19.8. The summed E-state index contributed by atoms with van der Waals surface area (Å²) in [6, 6.07) is 7.73. The van der Waals surface area contributed by atoms with Crippen LogP contribution < -0.4 is 10.1 Å². The molecular formula is C23H33N5O3S. The van der Waals surface area contributed by atoms with Gasteiger partial charge in [-0.3, -0.25) is 9.69 Å². The first-order valence-corrected chi connectivity index (χ1v) is 12.4. The molecule has 9 heteroatoms. The summed E-state index contributed by atoms with van der Waals surface area (Å²) in [4.78, 5) is 15.3. The molecule has 2 aliphatic rings. The molecule has 0 radical (unpaired) electrons. The summed E-state index contributed by atoms with van der Waals surface area (Å²) in [6.07, 6.45) is 6.04. The van der Waals surface area contributed by atoms with Crippen molar-refractivity contribution in [3.8, 4) is 17.1 Å². The van der Waals surface area contributed by atoms with Gasteiger partial charge in [0.1, 0.15) is 5.75 Å². The third kappa shape index (κ3) is 5.10. The number of rotatable bonds is 8. The number of hydrogen-bond acceptors (Lipinski definition) is 7. The molecule has 1 saturated carbocycles. The van der Waals surface area contributed by atoms with Gasteiger partial charge in [-0.05, 0) is 25.0 Å². The lowest BCUT2D eigenvalue weighted by molar-refractivity contribution is -0.119. The Morgan fingerprint density at radius 2 is 1.94 bits per heavy atom. The highest BCUT2D eigenvalue weighted by Gasteiger charge is 2.38. The number of benzene rings is 1. The molecule has 2 fully saturated rings. The average molecular weight is 460 g/mol. The Morgan fingerprint density at radius 3 is 2.69 bits per heavy atom. The molecule has 174 valence electrons. The van der Waals surface area contributed by atoms with Crippen LogP contribution in [0.1, 0.15) is 32.1 Å². The quantitative estimate of drug-likeness (QED) is 0.608. The lowest BCUT2D eigenvalue weighted by atomic mass is 9.79. The number of morpholine rings is 1. The van der Waals surface area contributed by atoms with Crippen LogP contribution in [0.4, 0.5) is 0 Å². The molecule has 2 heterocycles. The van der Waals surface area contributed by atoms with Crippen LogP contribution in [-0.4, -0.2) is 76.8 Å². The highest BCUT2D eigenvalue weighted by molar-refractivity contribution is 7.99. The number of methoxy groups -OCH3 is 1. The maximum Gasteiger partial charge on any atom is 0.230 e. The van der Waals surface area contributed by atoms with E-state index in [4.69, 9.17) is 9.47 Å². The van der Waals surface area contributed by atoms with E-state index in [0.717, 1.165) is 56.3 Å². The highest BCUT2D eigenvalue weighted by Crippen LogP contribution is 2.34. The van der Waals surface area contributed by atoms with E-state index in [-0.39, 0.29) is 11.4 Å². The smallest absolute Gasteiger partial charge is 0.230 e. The molecule has 8 nitrogen and oxygen atoms in total. The molecule has 2 aromatic rings. The number of aromatic nitrogens is 3. The summed E-state index contributed by atoms with van der Waals surface area (Å²) >= 11 is 1.41. The number of amides is 1. The van der Waals surface area contributed by atoms with E-state index in [1.807, 2.05) is 35.9 Å². The Hall–Kier alpha value is -2.10. The van der Waals surface area contributed by atoms with E-state index in [9.17, 15) is 4.79 Å². The van der Waals surface area contributed by atoms with Crippen molar-refractivity contribution < 1.29 is 14.3 Å². The largest absolute Gasteiger partial charge is 0.496 e. The summed E-state index contributed by atoms with van der Waals surface area (Å²) in [5, 5.41) is 12.5. The van der Waals surface area contributed by atoms with Crippen LogP contribution in [0.25, 0.3) is 11.4 Å². The van der Waals surface area contributed by atoms with Crippen LogP contribution in [-0.2, 0) is 16.6 Å². The number of carbonyl (C=O) groups is 1. The first-order chi connectivity index (χ1) is 15.6. The molecule has 4 rings (SSSR count). The number of thioether (sulfide) groups is 1. The molecule has 1 saturated heterocycles. The van der Waals surface area contributed by atoms with Gasteiger partial charge in [0.2, 0.25) is 5.91 Å². The third-order valence-electron chi connectivity index (χ3n) is 6.60. The zero-order valence-electron chi connectivity index (χ0n) is 19.0. The topological polar surface area (TPSA) is 81.5 Å². The Kier molecular flexibility index (Phi) is 7.70. The maximum absolute atomic E-state index is 12.7. The molecule has 1 aliphatic heterocycles. The van der Waals surface area contributed by atoms with Crippen LogP contribution in [0, 0.1) is 0 Å². The van der Waals surface area contributed by atoms with E-state index in [0.29, 0.717) is 17.5 Å². The fourth-order valence-corrected chi connectivity index (χ4v) is 5.54. The van der Waals surface area contributed by atoms with Crippen molar-refractivity contribution in [3.05, 3.63) is 24.3 Å². The number of hydrogen-bond donors (Lipinski definition) is 1. The van der Waals surface area contributed by atoms with Crippen LogP contribution in [0.2, 0.25) is 0 Å². The van der Waals surface area contributed by atoms with Gasteiger partial charge in [-0.2, -0.15) is 0 Å². The average Bonchev–Trinajstić information content (AvgIpc) is 3.22. The molecule has 1 amide bonds. The van der Waals surface area contributed by atoms with E-state index < -0.39 is 0 Å². The van der Waals surface area contributed by atoms with Crippen molar-refractivity contribution in [1.82, 2.24) is 25.0 Å². The lowest BCUT2D eigenvalue weighted by Gasteiger charge is -2.48. The molecule has 0 atom stereocenters. The van der Waals surface area contributed by atoms with Gasteiger partial charge >= 0.3 is 0 Å². The maximum atomic E-state index is 12.7. The highest BCUT2D eigenvalue weighted by atomic mass is 32.2. The van der Waals surface area contributed by atoms with E-state index in [2.05, 4.69) is 20.4 Å². The molecule has 1 N–H and O–H groups in total. The molecule has 0 spiro atoms. The van der Waals surface area contributed by atoms with Crippen LogP contribution in [0.3, 0.4) is 0 Å². The van der Waals surface area contributed by atoms with Crippen molar-refractivity contribution in [2.24, 2.45) is 7.05 Å². The van der Waals surface area contributed by atoms with Crippen molar-refractivity contribution in [3.63, 3.8) is 0 Å². The second kappa shape index (κ2) is 10.7. The summed E-state index contributed by atoms with van der Waals surface area (Å²) in [7, 11) is 3.56. The Balaban J connectivity index is 1.35. The molecule has 1 aromatic carbocycles. The van der Waals surface area contributed by atoms with E-state index in [1.165, 1.54) is 31.0 Å². The van der Waals surface area contributed by atoms with E-state index >= 15 is 0 Å². The number of ether oxygens (including phenoxy) is 2. The molecule has 0 unspecified atom stereocenters. The predicted molar refractivity (Wildman–Crippen MR) is 125 cm³/mol. The normalized spacial score (nSPS) is 18.9. The summed E-state index contributed by atoms with van der Waals surface area (Å²) in [5.74, 6) is 1.82. The standard InChI is InChI=1S/C23H33N5O3S/c1-27-21(18-8-4-5-9-19(18)30-2)25-26-22(27)32-16-20(29)24-17-23(10-6-3-7-11-23)28-12-14-31-15-13-28/h4-5,8-9H,3,6-7,10-17H2,1-2H3,(H,24,29). The minimum absolute atomic E-state index is 0.0371. The summed E-state index contributed by atoms with van der Waals surface area (Å²) in [6.45, 7) is 4.18. The first kappa shape index (κ1) is 23.1. The van der Waals surface area contributed by atoms with Crippen LogP contribution >= 0.6 is 11.8 Å². The molecule has 0 bridgehead atoms. The zero-order chi connectivity index (χ0) is 22.4. The van der Waals surface area contributed by atoms with Crippen molar-refractivity contribution >= 4 is 17.7 Å². The number of carbonyl (C=O) groups excluding carboxylic acids is 1. The van der Waals surface area contributed by atoms with Gasteiger partial charge in [0.05, 0.1) is 31.6 Å². The van der Waals surface area contributed by atoms with Crippen molar-refractivity contribution in [1.29, 1.82) is 0 Å². The van der Waals surface area contributed by atoms with Gasteiger partial charge < -0.3 is 19.4 Å². The monoisotopic (exact) mass is 459 g/mol. The molecule has 1 aliphatic carbocycles. The third-order valence-corrected chi connectivity index (χ3v) is 7.62. The van der Waals surface area contributed by atoms with Gasteiger partial charge in [0.15, 0.2) is 11.0 Å². The van der Waals surface area contributed by atoms with Gasteiger partial charge in [0.25, 0.3) is 0 Å². The summed E-state index contributed by atoms with van der Waals surface area (Å²) < 4.78 is 12.9. The molecule has 1 aromatic heterocycles. The van der Waals surface area contributed by atoms with Gasteiger partial charge in [-0.1, -0.05) is 43.2 Å². The number of nitrogens with zero attached hydrogens (tertiary/aromatic N) is 4. The Morgan fingerprint density at radius 1 is 1.19 bits per heavy atom. The lowest BCUT2D eigenvalue weighted by Crippen LogP contribution is -2.59. The first-order valence-electron chi connectivity index (χ1n) is 11.4. The van der Waals surface area contributed by atoms with Gasteiger partial charge in [0, 0.05) is 32.2 Å². The van der Waals surface area contributed by atoms with Crippen LogP contribution in [0.15, 0.2) is 29.4 Å². The van der Waals surface area contributed by atoms with Crippen molar-refractivity contribution in [2.75, 3.05) is 45.7 Å². The number of para-hydroxylation sites is 1. The molecule has 32 heavy (non-hydrogen) atoms. The van der Waals surface area contributed by atoms with Gasteiger partial charge in [-0.15, -0.1) is 10.2 Å².